The highest BCUT2D eigenvalue weighted by Gasteiger charge is 2.07. The van der Waals surface area contributed by atoms with Crippen molar-refractivity contribution in [2.24, 2.45) is 0 Å². The molecule has 2 aromatic rings. The number of nitrogens with one attached hydrogen (secondary N) is 1. The Balaban J connectivity index is 1.95. The monoisotopic (exact) mass is 256 g/mol. The highest BCUT2D eigenvalue weighted by molar-refractivity contribution is 5.93. The summed E-state index contributed by atoms with van der Waals surface area (Å²) in [6.07, 6.45) is 3.23. The van der Waals surface area contributed by atoms with E-state index in [1.165, 1.54) is 0 Å². The number of amides is 1. The molecule has 0 aliphatic heterocycles. The minimum absolute atomic E-state index is 0.0283. The highest BCUT2D eigenvalue weighted by Crippen LogP contribution is 2.19. The van der Waals surface area contributed by atoms with Crippen LogP contribution < -0.4 is 10.1 Å². The molecule has 19 heavy (non-hydrogen) atoms. The number of rotatable bonds is 4. The molecule has 0 fully saturated rings. The van der Waals surface area contributed by atoms with Crippen LogP contribution in [0.3, 0.4) is 0 Å². The highest BCUT2D eigenvalue weighted by atomic mass is 16.5. The number of nitrogens with zero attached hydrogens (tertiary/aromatic N) is 1. The van der Waals surface area contributed by atoms with Gasteiger partial charge in [-0.15, -0.1) is 0 Å². The standard InChI is InChI=1S/C15H16N2O2/c1-11-5-3-6-12(2)15(11)17-14(18)10-19-13-7-4-8-16-9-13/h3-9H,10H2,1-2H3,(H,17,18). The normalized spacial score (nSPS) is 10.0. The summed E-state index contributed by atoms with van der Waals surface area (Å²) in [6, 6.07) is 9.42. The molecule has 0 saturated carbocycles. The zero-order valence-corrected chi connectivity index (χ0v) is 11.0. The Morgan fingerprint density at radius 3 is 2.58 bits per heavy atom. The molecule has 0 spiro atoms. The third-order valence-corrected chi connectivity index (χ3v) is 2.75. The van der Waals surface area contributed by atoms with Crippen LogP contribution in [0.15, 0.2) is 42.7 Å². The molecule has 2 rings (SSSR count). The van der Waals surface area contributed by atoms with Crippen LogP contribution >= 0.6 is 0 Å². The van der Waals surface area contributed by atoms with Gasteiger partial charge in [0.2, 0.25) is 0 Å². The van der Waals surface area contributed by atoms with E-state index in [9.17, 15) is 4.79 Å². The van der Waals surface area contributed by atoms with Crippen molar-refractivity contribution in [2.75, 3.05) is 11.9 Å². The average molecular weight is 256 g/mol. The molecule has 0 aliphatic rings. The predicted octanol–water partition coefficient (Wildman–Crippen LogP) is 2.72. The number of pyridine rings is 1. The van der Waals surface area contributed by atoms with Gasteiger partial charge in [0, 0.05) is 11.9 Å². The van der Waals surface area contributed by atoms with Crippen molar-refractivity contribution in [3.8, 4) is 5.75 Å². The van der Waals surface area contributed by atoms with Crippen LogP contribution in [0, 0.1) is 13.8 Å². The van der Waals surface area contributed by atoms with Gasteiger partial charge in [-0.2, -0.15) is 0 Å². The summed E-state index contributed by atoms with van der Waals surface area (Å²) < 4.78 is 5.35. The van der Waals surface area contributed by atoms with Gasteiger partial charge in [-0.1, -0.05) is 18.2 Å². The summed E-state index contributed by atoms with van der Waals surface area (Å²) in [6.45, 7) is 3.90. The number of hydrogen-bond acceptors (Lipinski definition) is 3. The molecule has 0 bridgehead atoms. The summed E-state index contributed by atoms with van der Waals surface area (Å²) >= 11 is 0. The van der Waals surface area contributed by atoms with E-state index in [0.29, 0.717) is 5.75 Å². The third-order valence-electron chi connectivity index (χ3n) is 2.75. The van der Waals surface area contributed by atoms with Gasteiger partial charge >= 0.3 is 0 Å². The lowest BCUT2D eigenvalue weighted by molar-refractivity contribution is -0.118. The number of hydrogen-bond donors (Lipinski definition) is 1. The maximum Gasteiger partial charge on any atom is 0.262 e. The first-order valence-electron chi connectivity index (χ1n) is 6.05. The summed E-state index contributed by atoms with van der Waals surface area (Å²) in [4.78, 5) is 15.8. The molecular formula is C15H16N2O2. The molecule has 0 saturated heterocycles. The van der Waals surface area contributed by atoms with Gasteiger partial charge in [0.1, 0.15) is 5.75 Å². The van der Waals surface area contributed by atoms with Crippen molar-refractivity contribution in [3.63, 3.8) is 0 Å². The summed E-state index contributed by atoms with van der Waals surface area (Å²) in [7, 11) is 0. The van der Waals surface area contributed by atoms with E-state index in [4.69, 9.17) is 4.74 Å². The van der Waals surface area contributed by atoms with Gasteiger partial charge in [0.15, 0.2) is 6.61 Å². The number of benzene rings is 1. The Labute approximate surface area is 112 Å². The first-order valence-corrected chi connectivity index (χ1v) is 6.05. The molecule has 0 aliphatic carbocycles. The SMILES string of the molecule is Cc1cccc(C)c1NC(=O)COc1cccnc1. The lowest BCUT2D eigenvalue weighted by atomic mass is 10.1. The third kappa shape index (κ3) is 3.55. The van der Waals surface area contributed by atoms with Crippen molar-refractivity contribution in [3.05, 3.63) is 53.9 Å². The zero-order chi connectivity index (χ0) is 13.7. The molecule has 1 aromatic heterocycles. The largest absolute Gasteiger partial charge is 0.482 e. The van der Waals surface area contributed by atoms with Gasteiger partial charge in [0.05, 0.1) is 6.20 Å². The molecule has 1 aromatic carbocycles. The molecule has 4 nitrogen and oxygen atoms in total. The van der Waals surface area contributed by atoms with E-state index < -0.39 is 0 Å². The topological polar surface area (TPSA) is 51.2 Å². The molecule has 4 heteroatoms. The Kier molecular flexibility index (Phi) is 4.13. The van der Waals surface area contributed by atoms with Crippen LogP contribution in [0.2, 0.25) is 0 Å². The second-order valence-electron chi connectivity index (χ2n) is 4.29. The van der Waals surface area contributed by atoms with Crippen molar-refractivity contribution in [1.82, 2.24) is 4.98 Å². The molecule has 1 N–H and O–H groups in total. The fraction of sp³-hybridized carbons (Fsp3) is 0.200. The summed E-state index contributed by atoms with van der Waals surface area (Å²) in [5.41, 5.74) is 2.92. The van der Waals surface area contributed by atoms with Gasteiger partial charge in [0.25, 0.3) is 5.91 Å². The molecule has 0 unspecified atom stereocenters. The van der Waals surface area contributed by atoms with Gasteiger partial charge in [-0.05, 0) is 37.1 Å². The van der Waals surface area contributed by atoms with Crippen LogP contribution in [0.25, 0.3) is 0 Å². The minimum Gasteiger partial charge on any atom is -0.482 e. The summed E-state index contributed by atoms with van der Waals surface area (Å²) in [5.74, 6) is 0.403. The Morgan fingerprint density at radius 2 is 1.95 bits per heavy atom. The van der Waals surface area contributed by atoms with Crippen LogP contribution in [0.5, 0.6) is 5.75 Å². The lowest BCUT2D eigenvalue weighted by Crippen LogP contribution is -2.21. The number of anilines is 1. The number of carbonyl (C=O) groups excluding carboxylic acids is 1. The second kappa shape index (κ2) is 6.00. The Morgan fingerprint density at radius 1 is 1.21 bits per heavy atom. The zero-order valence-electron chi connectivity index (χ0n) is 11.0. The van der Waals surface area contributed by atoms with Crippen molar-refractivity contribution >= 4 is 11.6 Å². The van der Waals surface area contributed by atoms with Crippen molar-refractivity contribution < 1.29 is 9.53 Å². The second-order valence-corrected chi connectivity index (χ2v) is 4.29. The molecule has 1 heterocycles. The smallest absolute Gasteiger partial charge is 0.262 e. The maximum atomic E-state index is 11.8. The maximum absolute atomic E-state index is 11.8. The van der Waals surface area contributed by atoms with Crippen LogP contribution in [-0.4, -0.2) is 17.5 Å². The molecule has 0 atom stereocenters. The number of carbonyl (C=O) groups is 1. The van der Waals surface area contributed by atoms with Gasteiger partial charge in [-0.25, -0.2) is 0 Å². The van der Waals surface area contributed by atoms with E-state index in [2.05, 4.69) is 10.3 Å². The lowest BCUT2D eigenvalue weighted by Gasteiger charge is -2.11. The van der Waals surface area contributed by atoms with Crippen molar-refractivity contribution in [1.29, 1.82) is 0 Å². The van der Waals surface area contributed by atoms with E-state index in [-0.39, 0.29) is 12.5 Å². The minimum atomic E-state index is -0.179. The van der Waals surface area contributed by atoms with E-state index in [1.54, 1.807) is 24.5 Å². The molecular weight excluding hydrogens is 240 g/mol. The average Bonchev–Trinajstić information content (AvgIpc) is 2.42. The van der Waals surface area contributed by atoms with Crippen LogP contribution in [0.4, 0.5) is 5.69 Å². The number of aryl methyl sites for hydroxylation is 2. The van der Waals surface area contributed by atoms with Crippen molar-refractivity contribution in [2.45, 2.75) is 13.8 Å². The van der Waals surface area contributed by atoms with E-state index in [0.717, 1.165) is 16.8 Å². The Bertz CT molecular complexity index is 547. The number of aromatic nitrogens is 1. The van der Waals surface area contributed by atoms with E-state index in [1.807, 2.05) is 32.0 Å². The van der Waals surface area contributed by atoms with Gasteiger partial charge < -0.3 is 10.1 Å². The summed E-state index contributed by atoms with van der Waals surface area (Å²) in [5, 5.41) is 2.86. The van der Waals surface area contributed by atoms with Crippen LogP contribution in [0.1, 0.15) is 11.1 Å². The predicted molar refractivity (Wildman–Crippen MR) is 74.3 cm³/mol. The Hall–Kier alpha value is -2.36. The fourth-order valence-electron chi connectivity index (χ4n) is 1.77. The van der Waals surface area contributed by atoms with E-state index >= 15 is 0 Å². The molecule has 98 valence electrons. The van der Waals surface area contributed by atoms with Crippen LogP contribution in [-0.2, 0) is 4.79 Å². The fourth-order valence-corrected chi connectivity index (χ4v) is 1.77. The number of ether oxygens (including phenoxy) is 1. The number of para-hydroxylation sites is 1. The van der Waals surface area contributed by atoms with Gasteiger partial charge in [-0.3, -0.25) is 9.78 Å². The molecule has 1 amide bonds. The molecule has 0 radical (unpaired) electrons. The first-order chi connectivity index (χ1) is 9.16. The quantitative estimate of drug-likeness (QED) is 0.915. The first kappa shape index (κ1) is 13.1.